The van der Waals surface area contributed by atoms with Gasteiger partial charge in [0.15, 0.2) is 0 Å². The zero-order valence-corrected chi connectivity index (χ0v) is 12.1. The highest BCUT2D eigenvalue weighted by Gasteiger charge is 2.12. The van der Waals surface area contributed by atoms with Crippen LogP contribution < -0.4 is 0 Å². The van der Waals surface area contributed by atoms with Gasteiger partial charge in [-0.1, -0.05) is 36.4 Å². The molecule has 0 aliphatic carbocycles. The first kappa shape index (κ1) is 12.3. The quantitative estimate of drug-likeness (QED) is 0.454. The minimum Gasteiger partial charge on any atom is -0.436 e. The molecule has 0 atom stereocenters. The number of rotatable bonds is 1. The summed E-state index contributed by atoms with van der Waals surface area (Å²) >= 11 is 0. The molecule has 0 aliphatic rings. The largest absolute Gasteiger partial charge is 0.436 e. The van der Waals surface area contributed by atoms with E-state index in [2.05, 4.69) is 21.0 Å². The Morgan fingerprint density at radius 1 is 0.783 bits per heavy atom. The summed E-state index contributed by atoms with van der Waals surface area (Å²) < 4.78 is 5.83. The molecule has 0 amide bonds. The monoisotopic (exact) mass is 297 g/mol. The van der Waals surface area contributed by atoms with Gasteiger partial charge >= 0.3 is 0 Å². The Hall–Kier alpha value is -3.27. The molecule has 4 nitrogen and oxygen atoms in total. The number of hydrogen-bond acceptors (Lipinski definition) is 4. The molecular weight excluding hydrogens is 286 g/mol. The lowest BCUT2D eigenvalue weighted by molar-refractivity contribution is 0.653. The number of furan rings is 1. The number of hydrogen-bond donors (Lipinski definition) is 0. The van der Waals surface area contributed by atoms with Gasteiger partial charge in [0.2, 0.25) is 5.71 Å². The number of nitrogens with zero attached hydrogens (tertiary/aromatic N) is 3. The molecule has 3 heterocycles. The fourth-order valence-electron chi connectivity index (χ4n) is 2.92. The van der Waals surface area contributed by atoms with Crippen molar-refractivity contribution in [3.05, 3.63) is 67.0 Å². The molecule has 0 bridgehead atoms. The molecule has 5 rings (SSSR count). The summed E-state index contributed by atoms with van der Waals surface area (Å²) in [6.45, 7) is 0. The van der Waals surface area contributed by atoms with Gasteiger partial charge in [-0.3, -0.25) is 4.98 Å². The molecular formula is C19H11N3O. The second-order valence-electron chi connectivity index (χ2n) is 5.39. The van der Waals surface area contributed by atoms with Crippen molar-refractivity contribution in [3.8, 4) is 11.4 Å². The lowest BCUT2D eigenvalue weighted by Crippen LogP contribution is -1.90. The van der Waals surface area contributed by atoms with Crippen molar-refractivity contribution in [2.24, 2.45) is 0 Å². The standard InChI is InChI=1S/C19H11N3O/c1-2-6-13-12(5-1)9-10-20-17(13)15-11-21-18-14-7-3-4-8-16(14)23-19(18)22-15/h1-11H. The van der Waals surface area contributed by atoms with Crippen molar-refractivity contribution in [2.75, 3.05) is 0 Å². The van der Waals surface area contributed by atoms with E-state index in [-0.39, 0.29) is 0 Å². The van der Waals surface area contributed by atoms with E-state index in [0.29, 0.717) is 11.4 Å². The molecule has 0 saturated carbocycles. The van der Waals surface area contributed by atoms with Crippen molar-refractivity contribution < 1.29 is 4.42 Å². The predicted molar refractivity (Wildman–Crippen MR) is 90.0 cm³/mol. The average Bonchev–Trinajstić information content (AvgIpc) is 2.99. The number of benzene rings is 2. The van der Waals surface area contributed by atoms with Crippen molar-refractivity contribution >= 4 is 33.0 Å². The van der Waals surface area contributed by atoms with Crippen molar-refractivity contribution in [1.29, 1.82) is 0 Å². The Morgan fingerprint density at radius 3 is 2.57 bits per heavy atom. The molecule has 0 spiro atoms. The molecule has 4 heteroatoms. The normalized spacial score (nSPS) is 11.5. The van der Waals surface area contributed by atoms with Crippen LogP contribution in [0.15, 0.2) is 71.4 Å². The molecule has 0 aliphatic heterocycles. The minimum atomic E-state index is 0.540. The van der Waals surface area contributed by atoms with Crippen LogP contribution >= 0.6 is 0 Å². The van der Waals surface area contributed by atoms with Crippen molar-refractivity contribution in [2.45, 2.75) is 0 Å². The highest BCUT2D eigenvalue weighted by Crippen LogP contribution is 2.29. The van der Waals surface area contributed by atoms with Crippen LogP contribution in [0.3, 0.4) is 0 Å². The Labute approximate surface area is 131 Å². The van der Waals surface area contributed by atoms with E-state index in [0.717, 1.165) is 33.0 Å². The van der Waals surface area contributed by atoms with E-state index in [4.69, 9.17) is 4.42 Å². The van der Waals surface area contributed by atoms with Crippen LogP contribution in [0, 0.1) is 0 Å². The van der Waals surface area contributed by atoms with Gasteiger partial charge in [0.1, 0.15) is 16.8 Å². The fraction of sp³-hybridized carbons (Fsp3) is 0. The zero-order valence-electron chi connectivity index (χ0n) is 12.1. The summed E-state index contributed by atoms with van der Waals surface area (Å²) in [7, 11) is 0. The molecule has 0 fully saturated rings. The van der Waals surface area contributed by atoms with E-state index in [1.165, 1.54) is 0 Å². The van der Waals surface area contributed by atoms with Crippen LogP contribution in [-0.2, 0) is 0 Å². The summed E-state index contributed by atoms with van der Waals surface area (Å²) in [5, 5.41) is 3.16. The van der Waals surface area contributed by atoms with E-state index in [1.807, 2.05) is 48.5 Å². The molecule has 3 aromatic heterocycles. The summed E-state index contributed by atoms with van der Waals surface area (Å²) in [4.78, 5) is 13.7. The van der Waals surface area contributed by atoms with Crippen molar-refractivity contribution in [3.63, 3.8) is 0 Å². The Bertz CT molecular complexity index is 1170. The van der Waals surface area contributed by atoms with Crippen LogP contribution in [0.25, 0.3) is 44.4 Å². The third-order valence-corrected chi connectivity index (χ3v) is 4.01. The molecule has 0 N–H and O–H groups in total. The van der Waals surface area contributed by atoms with Gasteiger partial charge in [0.25, 0.3) is 0 Å². The number of aromatic nitrogens is 3. The SMILES string of the molecule is c1ccc2c(-c3cnc4c(n3)oc3ccccc34)nccc2c1. The highest BCUT2D eigenvalue weighted by molar-refractivity contribution is 6.01. The number of pyridine rings is 1. The van der Waals surface area contributed by atoms with Gasteiger partial charge in [0, 0.05) is 17.0 Å². The maximum Gasteiger partial charge on any atom is 0.246 e. The summed E-state index contributed by atoms with van der Waals surface area (Å²) in [6, 6.07) is 17.9. The van der Waals surface area contributed by atoms with Gasteiger partial charge < -0.3 is 4.42 Å². The molecule has 23 heavy (non-hydrogen) atoms. The fourth-order valence-corrected chi connectivity index (χ4v) is 2.92. The molecule has 108 valence electrons. The van der Waals surface area contributed by atoms with Gasteiger partial charge in [0.05, 0.1) is 11.9 Å². The van der Waals surface area contributed by atoms with Gasteiger partial charge in [-0.2, -0.15) is 0 Å². The first-order valence-corrected chi connectivity index (χ1v) is 7.38. The van der Waals surface area contributed by atoms with Gasteiger partial charge in [-0.15, -0.1) is 0 Å². The number of para-hydroxylation sites is 1. The van der Waals surface area contributed by atoms with E-state index in [9.17, 15) is 0 Å². The molecule has 0 radical (unpaired) electrons. The van der Waals surface area contributed by atoms with Crippen LogP contribution in [0.4, 0.5) is 0 Å². The Kier molecular flexibility index (Phi) is 2.46. The van der Waals surface area contributed by atoms with Crippen LogP contribution in [0.2, 0.25) is 0 Å². The molecule has 5 aromatic rings. The first-order chi connectivity index (χ1) is 11.4. The smallest absolute Gasteiger partial charge is 0.246 e. The topological polar surface area (TPSA) is 51.8 Å². The summed E-state index contributed by atoms with van der Waals surface area (Å²) in [6.07, 6.45) is 3.56. The molecule has 0 unspecified atom stereocenters. The second-order valence-corrected chi connectivity index (χ2v) is 5.39. The predicted octanol–water partition coefficient (Wildman–Crippen LogP) is 4.59. The van der Waals surface area contributed by atoms with E-state index >= 15 is 0 Å². The summed E-state index contributed by atoms with van der Waals surface area (Å²) in [5.41, 5.74) is 3.65. The number of fused-ring (bicyclic) bond motifs is 4. The van der Waals surface area contributed by atoms with Crippen LogP contribution in [0.5, 0.6) is 0 Å². The Balaban J connectivity index is 1.81. The minimum absolute atomic E-state index is 0.540. The average molecular weight is 297 g/mol. The first-order valence-electron chi connectivity index (χ1n) is 7.38. The maximum atomic E-state index is 5.83. The van der Waals surface area contributed by atoms with E-state index < -0.39 is 0 Å². The third kappa shape index (κ3) is 1.82. The van der Waals surface area contributed by atoms with Gasteiger partial charge in [-0.25, -0.2) is 9.97 Å². The summed E-state index contributed by atoms with van der Waals surface area (Å²) in [5.74, 6) is 0. The zero-order chi connectivity index (χ0) is 15.2. The maximum absolute atomic E-state index is 5.83. The molecule has 2 aromatic carbocycles. The van der Waals surface area contributed by atoms with Gasteiger partial charge in [-0.05, 0) is 23.6 Å². The lowest BCUT2D eigenvalue weighted by atomic mass is 10.1. The van der Waals surface area contributed by atoms with E-state index in [1.54, 1.807) is 12.4 Å². The molecule has 0 saturated heterocycles. The second kappa shape index (κ2) is 4.61. The Morgan fingerprint density at radius 2 is 1.61 bits per heavy atom. The van der Waals surface area contributed by atoms with Crippen LogP contribution in [-0.4, -0.2) is 15.0 Å². The van der Waals surface area contributed by atoms with Crippen LogP contribution in [0.1, 0.15) is 0 Å². The lowest BCUT2D eigenvalue weighted by Gasteiger charge is -2.04. The highest BCUT2D eigenvalue weighted by atomic mass is 16.3. The van der Waals surface area contributed by atoms with Crippen molar-refractivity contribution in [1.82, 2.24) is 15.0 Å². The third-order valence-electron chi connectivity index (χ3n) is 4.01.